The van der Waals surface area contributed by atoms with Gasteiger partial charge in [-0.2, -0.15) is 13.2 Å². The first-order valence-electron chi connectivity index (χ1n) is 5.92. The largest absolute Gasteiger partial charge is 0.480 e. The highest BCUT2D eigenvalue weighted by Crippen LogP contribution is 2.34. The number of likely N-dealkylation sites (N-methyl/N-ethyl adjacent to an activating group) is 1. The molecule has 2 N–H and O–H groups in total. The van der Waals surface area contributed by atoms with Crippen LogP contribution in [0.2, 0.25) is 0 Å². The summed E-state index contributed by atoms with van der Waals surface area (Å²) in [5, 5.41) is 11.1. The number of nitrogens with one attached hydrogen (secondary N) is 1. The van der Waals surface area contributed by atoms with E-state index < -0.39 is 35.0 Å². The summed E-state index contributed by atoms with van der Waals surface area (Å²) in [4.78, 5) is 23.8. The zero-order valence-electron chi connectivity index (χ0n) is 11.7. The SMILES string of the molecule is CN(C(=O)Nc1ccccc1C(F)(F)F)C(C)(C)C(=O)O. The number of para-hydroxylation sites is 1. The van der Waals surface area contributed by atoms with E-state index in [-0.39, 0.29) is 0 Å². The molecule has 5 nitrogen and oxygen atoms in total. The first-order valence-corrected chi connectivity index (χ1v) is 5.92. The van der Waals surface area contributed by atoms with Gasteiger partial charge in [-0.25, -0.2) is 9.59 Å². The van der Waals surface area contributed by atoms with Crippen molar-refractivity contribution in [2.24, 2.45) is 0 Å². The number of carboxylic acids is 1. The molecule has 0 spiro atoms. The Morgan fingerprint density at radius 1 is 1.19 bits per heavy atom. The van der Waals surface area contributed by atoms with Crippen molar-refractivity contribution in [2.45, 2.75) is 25.6 Å². The van der Waals surface area contributed by atoms with Crippen LogP contribution >= 0.6 is 0 Å². The summed E-state index contributed by atoms with van der Waals surface area (Å²) in [6, 6.07) is 3.52. The number of anilines is 1. The first kappa shape index (κ1) is 16.8. The van der Waals surface area contributed by atoms with Gasteiger partial charge in [0.1, 0.15) is 5.54 Å². The van der Waals surface area contributed by atoms with E-state index in [1.54, 1.807) is 0 Å². The van der Waals surface area contributed by atoms with Gasteiger partial charge in [-0.05, 0) is 26.0 Å². The van der Waals surface area contributed by atoms with Crippen LogP contribution in [0.1, 0.15) is 19.4 Å². The third kappa shape index (κ3) is 3.65. The maximum absolute atomic E-state index is 12.8. The predicted molar refractivity (Wildman–Crippen MR) is 69.9 cm³/mol. The normalized spacial score (nSPS) is 11.9. The fourth-order valence-corrected chi connectivity index (χ4v) is 1.44. The zero-order valence-corrected chi connectivity index (χ0v) is 11.7. The molecule has 0 fully saturated rings. The molecular formula is C13H15F3N2O3. The maximum Gasteiger partial charge on any atom is 0.418 e. The van der Waals surface area contributed by atoms with E-state index in [2.05, 4.69) is 5.32 Å². The Hall–Kier alpha value is -2.25. The molecule has 8 heteroatoms. The smallest absolute Gasteiger partial charge is 0.418 e. The molecule has 0 radical (unpaired) electrons. The molecule has 0 atom stereocenters. The monoisotopic (exact) mass is 304 g/mol. The zero-order chi connectivity index (χ0) is 16.4. The van der Waals surface area contributed by atoms with Crippen molar-refractivity contribution in [1.82, 2.24) is 4.90 Å². The summed E-state index contributed by atoms with van der Waals surface area (Å²) in [5.74, 6) is -1.27. The van der Waals surface area contributed by atoms with E-state index in [9.17, 15) is 22.8 Å². The minimum absolute atomic E-state index is 0.428. The third-order valence-corrected chi connectivity index (χ3v) is 3.14. The fraction of sp³-hybridized carbons (Fsp3) is 0.385. The highest BCUT2D eigenvalue weighted by Gasteiger charge is 2.37. The van der Waals surface area contributed by atoms with Crippen LogP contribution in [-0.4, -0.2) is 34.6 Å². The summed E-state index contributed by atoms with van der Waals surface area (Å²) in [6.07, 6.45) is -4.62. The van der Waals surface area contributed by atoms with Gasteiger partial charge < -0.3 is 15.3 Å². The van der Waals surface area contributed by atoms with Crippen LogP contribution in [-0.2, 0) is 11.0 Å². The standard InChI is InChI=1S/C13H15F3N2O3/c1-12(2,10(19)20)18(3)11(21)17-9-7-5-4-6-8(9)13(14,15)16/h4-7H,1-3H3,(H,17,21)(H,19,20). The predicted octanol–water partition coefficient (Wildman–Crippen LogP) is 3.03. The number of alkyl halides is 3. The molecule has 0 saturated heterocycles. The second-order valence-electron chi connectivity index (χ2n) is 4.90. The van der Waals surface area contributed by atoms with E-state index >= 15 is 0 Å². The van der Waals surface area contributed by atoms with Crippen LogP contribution in [0.5, 0.6) is 0 Å². The van der Waals surface area contributed by atoms with Crippen LogP contribution < -0.4 is 5.32 Å². The van der Waals surface area contributed by atoms with E-state index in [4.69, 9.17) is 5.11 Å². The number of amides is 2. The van der Waals surface area contributed by atoms with E-state index in [1.165, 1.54) is 33.0 Å². The van der Waals surface area contributed by atoms with Crippen molar-refractivity contribution in [3.8, 4) is 0 Å². The van der Waals surface area contributed by atoms with E-state index in [0.29, 0.717) is 0 Å². The molecule has 0 aliphatic carbocycles. The molecule has 0 unspecified atom stereocenters. The Bertz CT molecular complexity index is 556. The van der Waals surface area contributed by atoms with Gasteiger partial charge in [-0.1, -0.05) is 12.1 Å². The lowest BCUT2D eigenvalue weighted by Gasteiger charge is -2.31. The Kier molecular flexibility index (Phi) is 4.50. The van der Waals surface area contributed by atoms with Crippen LogP contribution in [0.3, 0.4) is 0 Å². The van der Waals surface area contributed by atoms with Crippen molar-refractivity contribution in [1.29, 1.82) is 0 Å². The lowest BCUT2D eigenvalue weighted by molar-refractivity contribution is -0.146. The number of aliphatic carboxylic acids is 1. The Labute approximate surface area is 119 Å². The Morgan fingerprint density at radius 2 is 1.71 bits per heavy atom. The molecule has 0 saturated carbocycles. The maximum atomic E-state index is 12.8. The molecule has 0 heterocycles. The quantitative estimate of drug-likeness (QED) is 0.901. The van der Waals surface area contributed by atoms with Crippen molar-refractivity contribution >= 4 is 17.7 Å². The number of urea groups is 1. The summed E-state index contributed by atoms with van der Waals surface area (Å²) in [5.41, 5.74) is -2.99. The second-order valence-corrected chi connectivity index (χ2v) is 4.90. The van der Waals surface area contributed by atoms with Gasteiger partial charge in [0, 0.05) is 7.05 Å². The molecule has 1 aromatic rings. The van der Waals surface area contributed by atoms with Crippen LogP contribution in [0.15, 0.2) is 24.3 Å². The molecule has 0 aromatic heterocycles. The molecule has 2 amide bonds. The average Bonchev–Trinajstić information content (AvgIpc) is 2.36. The fourth-order valence-electron chi connectivity index (χ4n) is 1.44. The number of carbonyl (C=O) groups excluding carboxylic acids is 1. The van der Waals surface area contributed by atoms with Crippen molar-refractivity contribution < 1.29 is 27.9 Å². The molecule has 0 aliphatic heterocycles. The number of benzene rings is 1. The second kappa shape index (κ2) is 5.63. The summed E-state index contributed by atoms with van der Waals surface area (Å²) in [6.45, 7) is 2.54. The van der Waals surface area contributed by atoms with Crippen molar-refractivity contribution in [3.63, 3.8) is 0 Å². The number of halogens is 3. The van der Waals surface area contributed by atoms with Gasteiger partial charge >= 0.3 is 18.2 Å². The van der Waals surface area contributed by atoms with E-state index in [0.717, 1.165) is 17.0 Å². The molecule has 0 aliphatic rings. The number of carboxylic acid groups (broad SMARTS) is 1. The molecule has 116 valence electrons. The minimum Gasteiger partial charge on any atom is -0.480 e. The van der Waals surface area contributed by atoms with E-state index in [1.807, 2.05) is 0 Å². The minimum atomic E-state index is -4.62. The van der Waals surface area contributed by atoms with Gasteiger partial charge in [0.05, 0.1) is 11.3 Å². The van der Waals surface area contributed by atoms with Gasteiger partial charge in [0.2, 0.25) is 0 Å². The van der Waals surface area contributed by atoms with Crippen LogP contribution in [0, 0.1) is 0 Å². The molecule has 1 rings (SSSR count). The topological polar surface area (TPSA) is 69.6 Å². The molecule has 1 aromatic carbocycles. The summed E-state index contributed by atoms with van der Waals surface area (Å²) in [7, 11) is 1.19. The Morgan fingerprint density at radius 3 is 2.19 bits per heavy atom. The number of carbonyl (C=O) groups is 2. The van der Waals surface area contributed by atoms with Crippen LogP contribution in [0.4, 0.5) is 23.7 Å². The highest BCUT2D eigenvalue weighted by atomic mass is 19.4. The molecule has 0 bridgehead atoms. The number of hydrogen-bond acceptors (Lipinski definition) is 2. The van der Waals surface area contributed by atoms with Crippen molar-refractivity contribution in [2.75, 3.05) is 12.4 Å². The number of hydrogen-bond donors (Lipinski definition) is 2. The first-order chi connectivity index (χ1) is 9.48. The number of rotatable bonds is 3. The van der Waals surface area contributed by atoms with Crippen LogP contribution in [0.25, 0.3) is 0 Å². The molecular weight excluding hydrogens is 289 g/mol. The van der Waals surface area contributed by atoms with Gasteiger partial charge in [-0.3, -0.25) is 0 Å². The number of nitrogens with zero attached hydrogens (tertiary/aromatic N) is 1. The summed E-state index contributed by atoms with van der Waals surface area (Å²) < 4.78 is 38.4. The summed E-state index contributed by atoms with van der Waals surface area (Å²) >= 11 is 0. The molecule has 21 heavy (non-hydrogen) atoms. The Balaban J connectivity index is 3.03. The van der Waals surface area contributed by atoms with Gasteiger partial charge in [-0.15, -0.1) is 0 Å². The van der Waals surface area contributed by atoms with Gasteiger partial charge in [0.25, 0.3) is 0 Å². The lowest BCUT2D eigenvalue weighted by Crippen LogP contribution is -2.52. The third-order valence-electron chi connectivity index (χ3n) is 3.14. The lowest BCUT2D eigenvalue weighted by atomic mass is 10.0. The van der Waals surface area contributed by atoms with Gasteiger partial charge in [0.15, 0.2) is 0 Å². The highest BCUT2D eigenvalue weighted by molar-refractivity contribution is 5.94. The average molecular weight is 304 g/mol. The van der Waals surface area contributed by atoms with Crippen molar-refractivity contribution in [3.05, 3.63) is 29.8 Å².